The Morgan fingerprint density at radius 2 is 1.86 bits per heavy atom. The van der Waals surface area contributed by atoms with Gasteiger partial charge in [-0.25, -0.2) is 0 Å². The molecule has 1 aromatic carbocycles. The van der Waals surface area contributed by atoms with Crippen LogP contribution >= 0.6 is 0 Å². The van der Waals surface area contributed by atoms with Crippen LogP contribution in [0.25, 0.3) is 0 Å². The van der Waals surface area contributed by atoms with Gasteiger partial charge in [0.05, 0.1) is 26.3 Å². The molecule has 0 fully saturated rings. The normalized spacial score (nSPS) is 10.5. The highest BCUT2D eigenvalue weighted by Crippen LogP contribution is 2.29. The van der Waals surface area contributed by atoms with Gasteiger partial charge in [0.25, 0.3) is 0 Å². The Kier molecular flexibility index (Phi) is 4.62. The smallest absolute Gasteiger partial charge is 0.176 e. The Hall–Kier alpha value is -2.30. The fourth-order valence-electron chi connectivity index (χ4n) is 2.39. The molecule has 0 aliphatic carbocycles. The van der Waals surface area contributed by atoms with Crippen molar-refractivity contribution < 1.29 is 14.3 Å². The van der Waals surface area contributed by atoms with E-state index in [-0.39, 0.29) is 12.2 Å². The maximum absolute atomic E-state index is 12.6. The Balaban J connectivity index is 2.36. The van der Waals surface area contributed by atoms with Gasteiger partial charge >= 0.3 is 0 Å². The van der Waals surface area contributed by atoms with Crippen LogP contribution in [-0.4, -0.2) is 29.8 Å². The van der Waals surface area contributed by atoms with E-state index < -0.39 is 0 Å². The summed E-state index contributed by atoms with van der Waals surface area (Å²) < 4.78 is 12.4. The van der Waals surface area contributed by atoms with Gasteiger partial charge in [0.2, 0.25) is 0 Å². The molecule has 0 saturated heterocycles. The Morgan fingerprint density at radius 3 is 2.38 bits per heavy atom. The molecule has 5 heteroatoms. The molecule has 0 saturated carbocycles. The summed E-state index contributed by atoms with van der Waals surface area (Å²) in [7, 11) is 3.10. The van der Waals surface area contributed by atoms with Crippen LogP contribution in [0.3, 0.4) is 0 Å². The summed E-state index contributed by atoms with van der Waals surface area (Å²) in [5, 5.41) is 4.36. The van der Waals surface area contributed by atoms with E-state index >= 15 is 0 Å². The number of ketones is 1. The van der Waals surface area contributed by atoms with E-state index in [1.165, 1.54) is 0 Å². The van der Waals surface area contributed by atoms with E-state index in [0.29, 0.717) is 17.1 Å². The molecule has 112 valence electrons. The van der Waals surface area contributed by atoms with Crippen LogP contribution in [0.4, 0.5) is 0 Å². The van der Waals surface area contributed by atoms with Crippen molar-refractivity contribution in [3.8, 4) is 11.5 Å². The lowest BCUT2D eigenvalue weighted by Gasteiger charge is -2.12. The average Bonchev–Trinajstić information content (AvgIpc) is 2.85. The number of carbonyl (C=O) groups is 1. The molecule has 1 heterocycles. The summed E-state index contributed by atoms with van der Waals surface area (Å²) in [6.07, 6.45) is 0.269. The Labute approximate surface area is 124 Å². The van der Waals surface area contributed by atoms with Gasteiger partial charge in [-0.15, -0.1) is 0 Å². The fraction of sp³-hybridized carbons (Fsp3) is 0.375. The van der Waals surface area contributed by atoms with Gasteiger partial charge in [0.15, 0.2) is 5.78 Å². The van der Waals surface area contributed by atoms with Crippen LogP contribution in [0.1, 0.15) is 28.7 Å². The minimum absolute atomic E-state index is 0.0427. The first kappa shape index (κ1) is 15.1. The van der Waals surface area contributed by atoms with Crippen LogP contribution in [-0.2, 0) is 13.0 Å². The van der Waals surface area contributed by atoms with Crippen molar-refractivity contribution in [1.82, 2.24) is 9.78 Å². The first-order valence-corrected chi connectivity index (χ1v) is 6.88. The summed E-state index contributed by atoms with van der Waals surface area (Å²) in [5.41, 5.74) is 2.28. The number of aryl methyl sites for hydroxylation is 2. The first-order valence-electron chi connectivity index (χ1n) is 6.88. The standard InChI is InChI=1S/C16H20N2O3/c1-5-18-12(9-11(2)17-18)10-13(19)16-14(20-3)7-6-8-15(16)21-4/h6-9H,5,10H2,1-4H3. The molecule has 0 radical (unpaired) electrons. The summed E-state index contributed by atoms with van der Waals surface area (Å²) >= 11 is 0. The predicted octanol–water partition coefficient (Wildman–Crippen LogP) is 2.65. The molecule has 0 atom stereocenters. The van der Waals surface area contributed by atoms with Gasteiger partial charge < -0.3 is 9.47 Å². The van der Waals surface area contributed by atoms with E-state index in [1.807, 2.05) is 24.6 Å². The minimum Gasteiger partial charge on any atom is -0.496 e. The molecule has 5 nitrogen and oxygen atoms in total. The zero-order valence-corrected chi connectivity index (χ0v) is 12.8. The van der Waals surface area contributed by atoms with Crippen LogP contribution in [0.2, 0.25) is 0 Å². The van der Waals surface area contributed by atoms with E-state index in [1.54, 1.807) is 32.4 Å². The van der Waals surface area contributed by atoms with Gasteiger partial charge in [-0.05, 0) is 32.0 Å². The number of rotatable bonds is 6. The number of carbonyl (C=O) groups excluding carboxylic acids is 1. The van der Waals surface area contributed by atoms with Crippen molar-refractivity contribution in [2.24, 2.45) is 0 Å². The highest BCUT2D eigenvalue weighted by atomic mass is 16.5. The lowest BCUT2D eigenvalue weighted by molar-refractivity contribution is 0.0984. The largest absolute Gasteiger partial charge is 0.496 e. The maximum atomic E-state index is 12.6. The second-order valence-corrected chi connectivity index (χ2v) is 4.73. The van der Waals surface area contributed by atoms with E-state index in [4.69, 9.17) is 9.47 Å². The van der Waals surface area contributed by atoms with Gasteiger partial charge in [-0.1, -0.05) is 6.07 Å². The Morgan fingerprint density at radius 1 is 1.24 bits per heavy atom. The molecule has 0 N–H and O–H groups in total. The number of hydrogen-bond donors (Lipinski definition) is 0. The number of nitrogens with zero attached hydrogens (tertiary/aromatic N) is 2. The van der Waals surface area contributed by atoms with Gasteiger partial charge in [0, 0.05) is 12.2 Å². The molecule has 0 aliphatic heterocycles. The van der Waals surface area contributed by atoms with Gasteiger partial charge in [-0.2, -0.15) is 5.10 Å². The molecule has 0 unspecified atom stereocenters. The van der Waals surface area contributed by atoms with Crippen LogP contribution in [0.5, 0.6) is 11.5 Å². The quantitative estimate of drug-likeness (QED) is 0.767. The first-order chi connectivity index (χ1) is 10.1. The second kappa shape index (κ2) is 6.43. The Bertz CT molecular complexity index is 625. The highest BCUT2D eigenvalue weighted by molar-refractivity contribution is 6.02. The molecule has 0 bridgehead atoms. The molecule has 21 heavy (non-hydrogen) atoms. The highest BCUT2D eigenvalue weighted by Gasteiger charge is 2.20. The van der Waals surface area contributed by atoms with Crippen LogP contribution < -0.4 is 9.47 Å². The van der Waals surface area contributed by atoms with Crippen molar-refractivity contribution in [3.05, 3.63) is 41.2 Å². The fourth-order valence-corrected chi connectivity index (χ4v) is 2.39. The van der Waals surface area contributed by atoms with E-state index in [0.717, 1.165) is 17.9 Å². The zero-order chi connectivity index (χ0) is 15.4. The van der Waals surface area contributed by atoms with E-state index in [9.17, 15) is 4.79 Å². The van der Waals surface area contributed by atoms with Crippen LogP contribution in [0.15, 0.2) is 24.3 Å². The third kappa shape index (κ3) is 3.07. The van der Waals surface area contributed by atoms with Crippen molar-refractivity contribution in [2.45, 2.75) is 26.8 Å². The lowest BCUT2D eigenvalue weighted by Crippen LogP contribution is -2.12. The van der Waals surface area contributed by atoms with E-state index in [2.05, 4.69) is 5.10 Å². The zero-order valence-electron chi connectivity index (χ0n) is 12.8. The second-order valence-electron chi connectivity index (χ2n) is 4.73. The molecule has 0 spiro atoms. The van der Waals surface area contributed by atoms with Crippen LogP contribution in [0, 0.1) is 6.92 Å². The predicted molar refractivity (Wildman–Crippen MR) is 80.2 cm³/mol. The van der Waals surface area contributed by atoms with Crippen molar-refractivity contribution in [2.75, 3.05) is 14.2 Å². The summed E-state index contributed by atoms with van der Waals surface area (Å²) in [6.45, 7) is 4.66. The van der Waals surface area contributed by atoms with Gasteiger partial charge in [-0.3, -0.25) is 9.48 Å². The average molecular weight is 288 g/mol. The summed E-state index contributed by atoms with van der Waals surface area (Å²) in [5.74, 6) is 1.01. The topological polar surface area (TPSA) is 53.4 Å². The SMILES string of the molecule is CCn1nc(C)cc1CC(=O)c1c(OC)cccc1OC. The number of hydrogen-bond acceptors (Lipinski definition) is 4. The molecule has 0 amide bonds. The summed E-state index contributed by atoms with van der Waals surface area (Å²) in [4.78, 5) is 12.6. The monoisotopic (exact) mass is 288 g/mol. The van der Waals surface area contributed by atoms with Crippen molar-refractivity contribution in [3.63, 3.8) is 0 Å². The molecular weight excluding hydrogens is 268 g/mol. The van der Waals surface area contributed by atoms with Crippen molar-refractivity contribution >= 4 is 5.78 Å². The molecule has 0 aliphatic rings. The molecule has 1 aromatic heterocycles. The van der Waals surface area contributed by atoms with Gasteiger partial charge in [0.1, 0.15) is 17.1 Å². The number of methoxy groups -OCH3 is 2. The van der Waals surface area contributed by atoms with Crippen molar-refractivity contribution in [1.29, 1.82) is 0 Å². The molecule has 2 rings (SSSR count). The number of ether oxygens (including phenoxy) is 2. The third-order valence-corrected chi connectivity index (χ3v) is 3.33. The maximum Gasteiger partial charge on any atom is 0.176 e. The third-order valence-electron chi connectivity index (χ3n) is 3.33. The number of Topliss-reactive ketones (excluding diaryl/α,β-unsaturated/α-hetero) is 1. The molecule has 2 aromatic rings. The lowest BCUT2D eigenvalue weighted by atomic mass is 10.0. The minimum atomic E-state index is -0.0427. The molecular formula is C16H20N2O3. The number of aromatic nitrogens is 2. The number of benzene rings is 1. The summed E-state index contributed by atoms with van der Waals surface area (Å²) in [6, 6.07) is 7.26.